The fourth-order valence-corrected chi connectivity index (χ4v) is 4.22. The minimum atomic E-state index is 0.168. The number of benzene rings is 2. The van der Waals surface area contributed by atoms with E-state index >= 15 is 0 Å². The van der Waals surface area contributed by atoms with Gasteiger partial charge in [-0.2, -0.15) is 0 Å². The average Bonchev–Trinajstić information content (AvgIpc) is 3.14. The second-order valence-electron chi connectivity index (χ2n) is 7.34. The minimum Gasteiger partial charge on any atom is -0.384 e. The third-order valence-electron chi connectivity index (χ3n) is 5.51. The van der Waals surface area contributed by atoms with Crippen molar-refractivity contribution < 1.29 is 0 Å². The molecule has 2 heterocycles. The topological polar surface area (TPSA) is 68.8 Å². The highest BCUT2D eigenvalue weighted by atomic mass is 15.4. The zero-order chi connectivity index (χ0) is 18.2. The summed E-state index contributed by atoms with van der Waals surface area (Å²) in [6.45, 7) is 0. The van der Waals surface area contributed by atoms with Gasteiger partial charge in [-0.15, -0.1) is 5.10 Å². The second-order valence-corrected chi connectivity index (χ2v) is 7.34. The molecule has 0 saturated carbocycles. The first-order valence-corrected chi connectivity index (χ1v) is 9.61. The summed E-state index contributed by atoms with van der Waals surface area (Å²) < 4.78 is 1.77. The number of nitrogens with two attached hydrogens (primary N) is 1. The monoisotopic (exact) mass is 357 g/mol. The zero-order valence-electron chi connectivity index (χ0n) is 15.2. The summed E-state index contributed by atoms with van der Waals surface area (Å²) in [6.07, 6.45) is 6.41. The molecular formula is C22H23N5. The van der Waals surface area contributed by atoms with Crippen LogP contribution in [-0.4, -0.2) is 20.8 Å². The predicted octanol–water partition coefficient (Wildman–Crippen LogP) is 3.29. The van der Waals surface area contributed by atoms with Crippen molar-refractivity contribution in [2.75, 3.05) is 0 Å². The van der Waals surface area contributed by atoms with Crippen molar-refractivity contribution in [1.82, 2.24) is 20.1 Å². The molecule has 5 nitrogen and oxygen atoms in total. The maximum Gasteiger partial charge on any atom is 0.181 e. The van der Waals surface area contributed by atoms with E-state index in [1.807, 2.05) is 30.3 Å². The van der Waals surface area contributed by atoms with Crippen LogP contribution in [0.3, 0.4) is 0 Å². The molecule has 5 heteroatoms. The van der Waals surface area contributed by atoms with Crippen molar-refractivity contribution in [2.24, 2.45) is 5.73 Å². The molecule has 2 aromatic carbocycles. The molecule has 27 heavy (non-hydrogen) atoms. The van der Waals surface area contributed by atoms with Crippen molar-refractivity contribution in [1.29, 1.82) is 0 Å². The summed E-state index contributed by atoms with van der Waals surface area (Å²) in [7, 11) is 0. The quantitative estimate of drug-likeness (QED) is 0.755. The molecule has 2 atom stereocenters. The van der Waals surface area contributed by atoms with Crippen LogP contribution in [0, 0.1) is 0 Å². The molecule has 0 fully saturated rings. The number of aryl methyl sites for hydroxylation is 1. The lowest BCUT2D eigenvalue weighted by Gasteiger charge is -2.30. The van der Waals surface area contributed by atoms with Gasteiger partial charge in [0.15, 0.2) is 5.82 Å². The predicted molar refractivity (Wildman–Crippen MR) is 107 cm³/mol. The molecule has 5 rings (SSSR count). The fraction of sp³-hybridized carbons (Fsp3) is 0.273. The van der Waals surface area contributed by atoms with E-state index in [9.17, 15) is 0 Å². The molecule has 0 spiro atoms. The molecule has 0 radical (unpaired) electrons. The molecule has 3 N–H and O–H groups in total. The number of fused-ring (bicyclic) bond motifs is 2. The molecular weight excluding hydrogens is 334 g/mol. The standard InChI is InChI=1S/C22H23N5/c23-20-13-17(24-19-12-6-10-15-7-4-5-11-18(15)19)14-21-25-22(26-27(20)21)16-8-2-1-3-9-16/h1-5,7-9,11,13,17,19,24H,6,10,12,14,23H2. The van der Waals surface area contributed by atoms with Crippen molar-refractivity contribution in [3.05, 3.63) is 77.6 Å². The molecule has 3 aromatic rings. The highest BCUT2D eigenvalue weighted by Gasteiger charge is 2.26. The van der Waals surface area contributed by atoms with Crippen molar-refractivity contribution in [2.45, 2.75) is 37.8 Å². The lowest BCUT2D eigenvalue weighted by Crippen LogP contribution is -2.38. The number of nitrogens with one attached hydrogen (secondary N) is 1. The van der Waals surface area contributed by atoms with E-state index < -0.39 is 0 Å². The average molecular weight is 357 g/mol. The fourth-order valence-electron chi connectivity index (χ4n) is 4.22. The molecule has 1 aromatic heterocycles. The largest absolute Gasteiger partial charge is 0.384 e. The first kappa shape index (κ1) is 16.3. The van der Waals surface area contributed by atoms with Gasteiger partial charge in [0.25, 0.3) is 0 Å². The Morgan fingerprint density at radius 3 is 2.74 bits per heavy atom. The van der Waals surface area contributed by atoms with Gasteiger partial charge in [-0.05, 0) is 36.5 Å². The summed E-state index contributed by atoms with van der Waals surface area (Å²) in [4.78, 5) is 4.75. The summed E-state index contributed by atoms with van der Waals surface area (Å²) >= 11 is 0. The van der Waals surface area contributed by atoms with Gasteiger partial charge in [0.05, 0.1) is 0 Å². The van der Waals surface area contributed by atoms with Crippen LogP contribution in [0.4, 0.5) is 0 Å². The van der Waals surface area contributed by atoms with E-state index in [2.05, 4.69) is 40.8 Å². The number of hydrogen-bond acceptors (Lipinski definition) is 4. The smallest absolute Gasteiger partial charge is 0.181 e. The normalized spacial score (nSPS) is 21.3. The number of hydrogen-bond donors (Lipinski definition) is 2. The first-order chi connectivity index (χ1) is 13.3. The Morgan fingerprint density at radius 2 is 1.85 bits per heavy atom. The Labute approximate surface area is 158 Å². The van der Waals surface area contributed by atoms with E-state index in [1.54, 1.807) is 4.68 Å². The van der Waals surface area contributed by atoms with Gasteiger partial charge < -0.3 is 11.1 Å². The lowest BCUT2D eigenvalue weighted by molar-refractivity contribution is 0.417. The lowest BCUT2D eigenvalue weighted by atomic mass is 9.87. The van der Waals surface area contributed by atoms with E-state index in [4.69, 9.17) is 10.7 Å². The second kappa shape index (κ2) is 6.67. The van der Waals surface area contributed by atoms with Gasteiger partial charge in [-0.25, -0.2) is 9.67 Å². The zero-order valence-corrected chi connectivity index (χ0v) is 15.2. The van der Waals surface area contributed by atoms with Crippen LogP contribution >= 0.6 is 0 Å². The Morgan fingerprint density at radius 1 is 1.04 bits per heavy atom. The Balaban J connectivity index is 1.39. The molecule has 2 unspecified atom stereocenters. The molecule has 1 aliphatic carbocycles. The molecule has 1 aliphatic heterocycles. The van der Waals surface area contributed by atoms with Gasteiger partial charge >= 0.3 is 0 Å². The first-order valence-electron chi connectivity index (χ1n) is 9.61. The van der Waals surface area contributed by atoms with Gasteiger partial charge in [0, 0.05) is 24.1 Å². The Hall–Kier alpha value is -2.92. The van der Waals surface area contributed by atoms with Crippen LogP contribution < -0.4 is 11.1 Å². The highest BCUT2D eigenvalue weighted by molar-refractivity contribution is 5.56. The summed E-state index contributed by atoms with van der Waals surface area (Å²) in [6, 6.07) is 19.3. The van der Waals surface area contributed by atoms with Crippen molar-refractivity contribution >= 4 is 5.82 Å². The summed E-state index contributed by atoms with van der Waals surface area (Å²) in [5.41, 5.74) is 10.2. The molecule has 2 aliphatic rings. The SMILES string of the molecule is NC1=CC(NC2CCCc3ccccc32)Cc2nc(-c3ccccc3)nn21. The van der Waals surface area contributed by atoms with Gasteiger partial charge in [-0.3, -0.25) is 0 Å². The number of rotatable bonds is 3. The van der Waals surface area contributed by atoms with E-state index in [1.165, 1.54) is 24.0 Å². The number of nitrogens with zero attached hydrogens (tertiary/aromatic N) is 3. The summed E-state index contributed by atoms with van der Waals surface area (Å²) in [5, 5.41) is 8.40. The van der Waals surface area contributed by atoms with Crippen LogP contribution in [0.15, 0.2) is 60.7 Å². The van der Waals surface area contributed by atoms with E-state index in [0.717, 1.165) is 30.1 Å². The maximum atomic E-state index is 6.31. The van der Waals surface area contributed by atoms with E-state index in [-0.39, 0.29) is 6.04 Å². The third-order valence-corrected chi connectivity index (χ3v) is 5.51. The summed E-state index contributed by atoms with van der Waals surface area (Å²) in [5.74, 6) is 2.29. The van der Waals surface area contributed by atoms with Crippen LogP contribution in [-0.2, 0) is 12.8 Å². The highest BCUT2D eigenvalue weighted by Crippen LogP contribution is 2.31. The maximum absolute atomic E-state index is 6.31. The van der Waals surface area contributed by atoms with Crippen molar-refractivity contribution in [3.8, 4) is 11.4 Å². The van der Waals surface area contributed by atoms with E-state index in [0.29, 0.717) is 11.9 Å². The third kappa shape index (κ3) is 3.04. The Kier molecular flexibility index (Phi) is 4.02. The van der Waals surface area contributed by atoms with Gasteiger partial charge in [0.2, 0.25) is 0 Å². The molecule has 136 valence electrons. The van der Waals surface area contributed by atoms with Crippen LogP contribution in [0.5, 0.6) is 0 Å². The van der Waals surface area contributed by atoms with Crippen molar-refractivity contribution in [3.63, 3.8) is 0 Å². The molecule has 0 bridgehead atoms. The van der Waals surface area contributed by atoms with Crippen LogP contribution in [0.25, 0.3) is 17.2 Å². The van der Waals surface area contributed by atoms with Crippen LogP contribution in [0.1, 0.15) is 35.8 Å². The minimum absolute atomic E-state index is 0.168. The number of aromatic nitrogens is 3. The molecule has 0 saturated heterocycles. The Bertz CT molecular complexity index is 989. The van der Waals surface area contributed by atoms with Gasteiger partial charge in [0.1, 0.15) is 11.6 Å². The molecule has 0 amide bonds. The van der Waals surface area contributed by atoms with Crippen LogP contribution in [0.2, 0.25) is 0 Å². The van der Waals surface area contributed by atoms with Gasteiger partial charge in [-0.1, -0.05) is 54.6 Å².